The van der Waals surface area contributed by atoms with E-state index in [1.54, 1.807) is 14.2 Å². The maximum atomic E-state index is 5.33. The van der Waals surface area contributed by atoms with E-state index >= 15 is 0 Å². The summed E-state index contributed by atoms with van der Waals surface area (Å²) < 4.78 is 10.6. The van der Waals surface area contributed by atoms with Gasteiger partial charge in [0, 0.05) is 0 Å². The zero-order valence-corrected chi connectivity index (χ0v) is 14.0. The number of halogens is 1. The smallest absolute Gasteiger partial charge is 0.160 e. The van der Waals surface area contributed by atoms with Crippen LogP contribution < -0.4 is 14.8 Å². The summed E-state index contributed by atoms with van der Waals surface area (Å²) in [5.74, 6) is 2.51. The third-order valence-corrected chi connectivity index (χ3v) is 4.20. The average Bonchev–Trinajstić information content (AvgIpc) is 2.52. The highest BCUT2D eigenvalue weighted by Crippen LogP contribution is 2.27. The summed E-state index contributed by atoms with van der Waals surface area (Å²) in [6.07, 6.45) is 8.12. The number of benzene rings is 1. The number of hydrogen-bond acceptors (Lipinski definition) is 3. The lowest BCUT2D eigenvalue weighted by atomic mass is 9.89. The molecule has 0 bridgehead atoms. The third kappa shape index (κ3) is 5.76. The predicted octanol–water partition coefficient (Wildman–Crippen LogP) is 3.84. The Hall–Kier alpha value is -0.930. The highest BCUT2D eigenvalue weighted by atomic mass is 35.5. The summed E-state index contributed by atoms with van der Waals surface area (Å²) in [5, 5.41) is 3.60. The molecule has 0 amide bonds. The molecule has 1 fully saturated rings. The second-order valence-corrected chi connectivity index (χ2v) is 5.65. The summed E-state index contributed by atoms with van der Waals surface area (Å²) in [4.78, 5) is 0. The molecule has 0 spiro atoms. The fourth-order valence-electron chi connectivity index (χ4n) is 2.97. The molecule has 4 heteroatoms. The fourth-order valence-corrected chi connectivity index (χ4v) is 2.97. The van der Waals surface area contributed by atoms with Crippen molar-refractivity contribution in [3.05, 3.63) is 23.8 Å². The van der Waals surface area contributed by atoms with Gasteiger partial charge in [-0.3, -0.25) is 0 Å². The Morgan fingerprint density at radius 1 is 1.05 bits per heavy atom. The van der Waals surface area contributed by atoms with E-state index < -0.39 is 0 Å². The Balaban J connectivity index is 0.00000220. The molecular formula is C17H28ClNO2. The summed E-state index contributed by atoms with van der Waals surface area (Å²) in [6, 6.07) is 6.17. The SMILES string of the molecule is COc1ccc(CCNCC2CCCCC2)cc1OC.Cl. The molecule has 0 saturated heterocycles. The molecule has 21 heavy (non-hydrogen) atoms. The summed E-state index contributed by atoms with van der Waals surface area (Å²) in [5.41, 5.74) is 1.29. The maximum Gasteiger partial charge on any atom is 0.160 e. The van der Waals surface area contributed by atoms with Crippen LogP contribution in [0.3, 0.4) is 0 Å². The highest BCUT2D eigenvalue weighted by molar-refractivity contribution is 5.85. The number of hydrogen-bond donors (Lipinski definition) is 1. The lowest BCUT2D eigenvalue weighted by Crippen LogP contribution is -2.26. The van der Waals surface area contributed by atoms with Crippen molar-refractivity contribution in [2.45, 2.75) is 38.5 Å². The van der Waals surface area contributed by atoms with Crippen LogP contribution in [-0.4, -0.2) is 27.3 Å². The van der Waals surface area contributed by atoms with Gasteiger partial charge in [0.25, 0.3) is 0 Å². The van der Waals surface area contributed by atoms with Gasteiger partial charge >= 0.3 is 0 Å². The van der Waals surface area contributed by atoms with Gasteiger partial charge in [0.15, 0.2) is 11.5 Å². The molecule has 0 aromatic heterocycles. The van der Waals surface area contributed by atoms with Gasteiger partial charge in [-0.2, -0.15) is 0 Å². The van der Waals surface area contributed by atoms with Crippen molar-refractivity contribution in [1.29, 1.82) is 0 Å². The highest BCUT2D eigenvalue weighted by Gasteiger charge is 2.12. The largest absolute Gasteiger partial charge is 0.493 e. The van der Waals surface area contributed by atoms with E-state index in [1.165, 1.54) is 44.2 Å². The van der Waals surface area contributed by atoms with Gasteiger partial charge in [-0.25, -0.2) is 0 Å². The van der Waals surface area contributed by atoms with E-state index in [0.717, 1.165) is 30.4 Å². The van der Waals surface area contributed by atoms with Crippen LogP contribution in [-0.2, 0) is 6.42 Å². The molecule has 0 radical (unpaired) electrons. The van der Waals surface area contributed by atoms with E-state index in [4.69, 9.17) is 9.47 Å². The van der Waals surface area contributed by atoms with E-state index in [9.17, 15) is 0 Å². The Kier molecular flexibility index (Phi) is 8.55. The standard InChI is InChI=1S/C17H27NO2.ClH/c1-19-16-9-8-14(12-17(16)20-2)10-11-18-13-15-6-4-3-5-7-15;/h8-9,12,15,18H,3-7,10-11,13H2,1-2H3;1H. The van der Waals surface area contributed by atoms with Crippen LogP contribution in [0.2, 0.25) is 0 Å². The summed E-state index contributed by atoms with van der Waals surface area (Å²) in [7, 11) is 3.35. The van der Waals surface area contributed by atoms with Gasteiger partial charge in [-0.1, -0.05) is 25.3 Å². The molecular weight excluding hydrogens is 286 g/mol. The second kappa shape index (κ2) is 9.91. The molecule has 2 rings (SSSR count). The molecule has 0 atom stereocenters. The number of rotatable bonds is 7. The van der Waals surface area contributed by atoms with Crippen molar-refractivity contribution >= 4 is 12.4 Å². The predicted molar refractivity (Wildman–Crippen MR) is 89.9 cm³/mol. The van der Waals surface area contributed by atoms with Gasteiger partial charge in [0.2, 0.25) is 0 Å². The van der Waals surface area contributed by atoms with Gasteiger partial charge in [-0.15, -0.1) is 12.4 Å². The maximum absolute atomic E-state index is 5.33. The molecule has 120 valence electrons. The molecule has 1 aromatic carbocycles. The first kappa shape index (κ1) is 18.1. The number of ether oxygens (including phenoxy) is 2. The van der Waals surface area contributed by atoms with E-state index in [-0.39, 0.29) is 12.4 Å². The first-order valence-corrected chi connectivity index (χ1v) is 7.75. The van der Waals surface area contributed by atoms with Gasteiger partial charge in [0.05, 0.1) is 14.2 Å². The van der Waals surface area contributed by atoms with Crippen molar-refractivity contribution in [3.8, 4) is 11.5 Å². The van der Waals surface area contributed by atoms with Crippen molar-refractivity contribution in [1.82, 2.24) is 5.32 Å². The topological polar surface area (TPSA) is 30.5 Å². The number of methoxy groups -OCH3 is 2. The molecule has 0 unspecified atom stereocenters. The molecule has 1 saturated carbocycles. The summed E-state index contributed by atoms with van der Waals surface area (Å²) in [6.45, 7) is 2.21. The third-order valence-electron chi connectivity index (χ3n) is 4.20. The minimum absolute atomic E-state index is 0. The monoisotopic (exact) mass is 313 g/mol. The van der Waals surface area contributed by atoms with Crippen LogP contribution in [0.5, 0.6) is 11.5 Å². The van der Waals surface area contributed by atoms with Crippen LogP contribution in [0.25, 0.3) is 0 Å². The molecule has 0 heterocycles. The molecule has 1 aliphatic rings. The average molecular weight is 314 g/mol. The van der Waals surface area contributed by atoms with Crippen molar-refractivity contribution < 1.29 is 9.47 Å². The Bertz CT molecular complexity index is 406. The minimum Gasteiger partial charge on any atom is -0.493 e. The molecule has 1 aromatic rings. The molecule has 3 nitrogen and oxygen atoms in total. The first-order valence-electron chi connectivity index (χ1n) is 7.75. The van der Waals surface area contributed by atoms with Crippen LogP contribution in [0.15, 0.2) is 18.2 Å². The lowest BCUT2D eigenvalue weighted by molar-refractivity contribution is 0.343. The normalized spacial score (nSPS) is 15.3. The van der Waals surface area contributed by atoms with Gasteiger partial charge < -0.3 is 14.8 Å². The quantitative estimate of drug-likeness (QED) is 0.776. The van der Waals surface area contributed by atoms with Crippen LogP contribution >= 0.6 is 12.4 Å². The van der Waals surface area contributed by atoms with E-state index in [2.05, 4.69) is 17.4 Å². The number of nitrogens with one attached hydrogen (secondary N) is 1. The second-order valence-electron chi connectivity index (χ2n) is 5.65. The van der Waals surface area contributed by atoms with E-state index in [0.29, 0.717) is 0 Å². The Morgan fingerprint density at radius 3 is 2.43 bits per heavy atom. The van der Waals surface area contributed by atoms with Crippen LogP contribution in [0, 0.1) is 5.92 Å². The van der Waals surface area contributed by atoms with Crippen LogP contribution in [0.4, 0.5) is 0 Å². The van der Waals surface area contributed by atoms with Gasteiger partial charge in [-0.05, 0) is 56.0 Å². The van der Waals surface area contributed by atoms with Crippen LogP contribution in [0.1, 0.15) is 37.7 Å². The van der Waals surface area contributed by atoms with E-state index in [1.807, 2.05) is 6.07 Å². The summed E-state index contributed by atoms with van der Waals surface area (Å²) >= 11 is 0. The molecule has 1 N–H and O–H groups in total. The molecule has 0 aliphatic heterocycles. The zero-order chi connectivity index (χ0) is 14.2. The van der Waals surface area contributed by atoms with Crippen molar-refractivity contribution in [2.24, 2.45) is 5.92 Å². The minimum atomic E-state index is 0. The first-order chi connectivity index (χ1) is 9.83. The van der Waals surface area contributed by atoms with Gasteiger partial charge in [0.1, 0.15) is 0 Å². The zero-order valence-electron chi connectivity index (χ0n) is 13.2. The Morgan fingerprint density at radius 2 is 1.76 bits per heavy atom. The van der Waals surface area contributed by atoms with Crippen molar-refractivity contribution in [2.75, 3.05) is 27.3 Å². The lowest BCUT2D eigenvalue weighted by Gasteiger charge is -2.21. The fraction of sp³-hybridized carbons (Fsp3) is 0.647. The molecule has 1 aliphatic carbocycles. The van der Waals surface area contributed by atoms with Crippen molar-refractivity contribution in [3.63, 3.8) is 0 Å². The Labute approximate surface area is 134 Å².